The van der Waals surface area contributed by atoms with Gasteiger partial charge in [-0.15, -0.1) is 0 Å². The summed E-state index contributed by atoms with van der Waals surface area (Å²) in [6.45, 7) is 2.12. The lowest BCUT2D eigenvalue weighted by Gasteiger charge is -2.14. The van der Waals surface area contributed by atoms with Gasteiger partial charge >= 0.3 is 0 Å². The summed E-state index contributed by atoms with van der Waals surface area (Å²) in [7, 11) is 0. The van der Waals surface area contributed by atoms with Gasteiger partial charge in [0.1, 0.15) is 5.76 Å². The largest absolute Gasteiger partial charge is 0.469 e. The molecule has 2 aromatic heterocycles. The second kappa shape index (κ2) is 3.88. The lowest BCUT2D eigenvalue weighted by molar-refractivity contribution is 0.507. The third-order valence-corrected chi connectivity index (χ3v) is 3.89. The fourth-order valence-corrected chi connectivity index (χ4v) is 2.92. The highest BCUT2D eigenvalue weighted by Crippen LogP contribution is 2.36. The number of aromatic nitrogens is 2. The summed E-state index contributed by atoms with van der Waals surface area (Å²) in [5, 5.41) is 14.5. The lowest BCUT2D eigenvalue weighted by atomic mass is 9.96. The summed E-state index contributed by atoms with van der Waals surface area (Å²) in [5.41, 5.74) is 3.59. The maximum absolute atomic E-state index is 5.48. The van der Waals surface area contributed by atoms with Gasteiger partial charge in [-0.25, -0.2) is 0 Å². The first-order valence-electron chi connectivity index (χ1n) is 6.53. The Bertz CT molecular complexity index is 565. The third-order valence-electron chi connectivity index (χ3n) is 3.89. The van der Waals surface area contributed by atoms with Crippen LogP contribution in [-0.4, -0.2) is 29.3 Å². The van der Waals surface area contributed by atoms with E-state index in [1.807, 2.05) is 6.07 Å². The van der Waals surface area contributed by atoms with Crippen molar-refractivity contribution >= 4 is 5.82 Å². The predicted octanol–water partition coefficient (Wildman–Crippen LogP) is 1.54. The van der Waals surface area contributed by atoms with E-state index in [9.17, 15) is 0 Å². The number of aryl methyl sites for hydroxylation is 1. The normalized spacial score (nSPS) is 21.7. The molecule has 0 saturated carbocycles. The fourth-order valence-electron chi connectivity index (χ4n) is 2.92. The average Bonchev–Trinajstić information content (AvgIpc) is 3.08. The van der Waals surface area contributed by atoms with E-state index in [-0.39, 0.29) is 0 Å². The number of H-pyrrole nitrogens is 1. The van der Waals surface area contributed by atoms with E-state index in [1.54, 1.807) is 6.26 Å². The van der Waals surface area contributed by atoms with Crippen LogP contribution in [0, 0.1) is 0 Å². The third kappa shape index (κ3) is 1.47. The van der Waals surface area contributed by atoms with Crippen LogP contribution in [0.3, 0.4) is 0 Å². The molecule has 5 heteroatoms. The summed E-state index contributed by atoms with van der Waals surface area (Å²) in [4.78, 5) is 0. The predicted molar refractivity (Wildman–Crippen MR) is 68.6 cm³/mol. The topological polar surface area (TPSA) is 65.9 Å². The highest BCUT2D eigenvalue weighted by Gasteiger charge is 2.25. The molecular weight excluding hydrogens is 228 g/mol. The van der Waals surface area contributed by atoms with Gasteiger partial charge < -0.3 is 15.1 Å². The van der Waals surface area contributed by atoms with Gasteiger partial charge in [0.25, 0.3) is 0 Å². The Morgan fingerprint density at radius 2 is 2.39 bits per heavy atom. The number of hydrogen-bond acceptors (Lipinski definition) is 4. The Balaban J connectivity index is 1.67. The van der Waals surface area contributed by atoms with E-state index < -0.39 is 0 Å². The smallest absolute Gasteiger partial charge is 0.151 e. The van der Waals surface area contributed by atoms with E-state index in [2.05, 4.69) is 20.8 Å². The molecule has 0 bridgehead atoms. The minimum atomic E-state index is 0.503. The van der Waals surface area contributed by atoms with Crippen LogP contribution in [0.2, 0.25) is 0 Å². The molecule has 1 unspecified atom stereocenters. The molecule has 3 N–H and O–H groups in total. The number of aromatic amines is 1. The molecule has 0 amide bonds. The standard InChI is InChI=1S/C13H16N4O/c1-2-11-9(4-6-18-11)12-10(1)13(17-16-12)15-8-3-5-14-7-8/h4,6,8,14H,1-3,5,7H2,(H2,15,16,17). The highest BCUT2D eigenvalue weighted by atomic mass is 16.3. The van der Waals surface area contributed by atoms with Crippen LogP contribution in [0.5, 0.6) is 0 Å². The number of rotatable bonds is 2. The second-order valence-electron chi connectivity index (χ2n) is 5.02. The number of nitrogens with zero attached hydrogens (tertiary/aromatic N) is 1. The molecule has 0 radical (unpaired) electrons. The van der Waals surface area contributed by atoms with Crippen LogP contribution < -0.4 is 10.6 Å². The minimum absolute atomic E-state index is 0.503. The van der Waals surface area contributed by atoms with Crippen molar-refractivity contribution in [3.05, 3.63) is 23.7 Å². The van der Waals surface area contributed by atoms with Crippen molar-refractivity contribution < 1.29 is 4.42 Å². The zero-order valence-electron chi connectivity index (χ0n) is 10.1. The molecule has 1 aliphatic carbocycles. The van der Waals surface area contributed by atoms with Crippen molar-refractivity contribution in [2.75, 3.05) is 18.4 Å². The van der Waals surface area contributed by atoms with Gasteiger partial charge in [0.2, 0.25) is 0 Å². The van der Waals surface area contributed by atoms with Crippen LogP contribution >= 0.6 is 0 Å². The second-order valence-corrected chi connectivity index (χ2v) is 5.02. The molecule has 1 saturated heterocycles. The Hall–Kier alpha value is -1.75. The van der Waals surface area contributed by atoms with Crippen molar-refractivity contribution in [2.45, 2.75) is 25.3 Å². The van der Waals surface area contributed by atoms with Crippen LogP contribution in [0.1, 0.15) is 17.7 Å². The summed E-state index contributed by atoms with van der Waals surface area (Å²) in [5.74, 6) is 2.09. The molecule has 4 rings (SSSR count). The van der Waals surface area contributed by atoms with Crippen molar-refractivity contribution in [1.29, 1.82) is 0 Å². The number of nitrogens with one attached hydrogen (secondary N) is 3. The molecule has 0 aromatic carbocycles. The summed E-state index contributed by atoms with van der Waals surface area (Å²) < 4.78 is 5.48. The van der Waals surface area contributed by atoms with Gasteiger partial charge in [-0.05, 0) is 25.5 Å². The Morgan fingerprint density at radius 3 is 3.28 bits per heavy atom. The fraction of sp³-hybridized carbons (Fsp3) is 0.462. The maximum Gasteiger partial charge on any atom is 0.151 e. The summed E-state index contributed by atoms with van der Waals surface area (Å²) in [6, 6.07) is 2.52. The van der Waals surface area contributed by atoms with Crippen molar-refractivity contribution in [3.63, 3.8) is 0 Å². The van der Waals surface area contributed by atoms with Crippen LogP contribution in [0.4, 0.5) is 5.82 Å². The molecule has 0 spiro atoms. The van der Waals surface area contributed by atoms with E-state index in [1.165, 1.54) is 17.5 Å². The van der Waals surface area contributed by atoms with Gasteiger partial charge in [0.15, 0.2) is 5.82 Å². The number of fused-ring (bicyclic) bond motifs is 3. The quantitative estimate of drug-likeness (QED) is 0.749. The molecule has 2 aliphatic rings. The van der Waals surface area contributed by atoms with Crippen LogP contribution in [0.25, 0.3) is 11.3 Å². The maximum atomic E-state index is 5.48. The van der Waals surface area contributed by atoms with Crippen LogP contribution in [0.15, 0.2) is 16.7 Å². The van der Waals surface area contributed by atoms with E-state index >= 15 is 0 Å². The Morgan fingerprint density at radius 1 is 1.39 bits per heavy atom. The first-order valence-corrected chi connectivity index (χ1v) is 6.53. The first kappa shape index (κ1) is 10.2. The Labute approximate surface area is 105 Å². The first-order chi connectivity index (χ1) is 8.92. The molecule has 94 valence electrons. The molecule has 18 heavy (non-hydrogen) atoms. The van der Waals surface area contributed by atoms with E-state index in [0.29, 0.717) is 6.04 Å². The lowest BCUT2D eigenvalue weighted by Crippen LogP contribution is -2.23. The van der Waals surface area contributed by atoms with E-state index in [0.717, 1.165) is 43.2 Å². The molecule has 5 nitrogen and oxygen atoms in total. The van der Waals surface area contributed by atoms with Crippen molar-refractivity contribution in [1.82, 2.24) is 15.5 Å². The SMILES string of the molecule is c1cc2c(o1)CCc1c(NC3CCNC3)n[nH]c1-2. The molecule has 2 aromatic rings. The summed E-state index contributed by atoms with van der Waals surface area (Å²) in [6.07, 6.45) is 4.88. The number of hydrogen-bond donors (Lipinski definition) is 3. The molecule has 1 fully saturated rings. The van der Waals surface area contributed by atoms with Gasteiger partial charge in [-0.1, -0.05) is 0 Å². The van der Waals surface area contributed by atoms with Gasteiger partial charge in [-0.2, -0.15) is 5.10 Å². The number of furan rings is 1. The average molecular weight is 244 g/mol. The van der Waals surface area contributed by atoms with Crippen LogP contribution in [-0.2, 0) is 12.8 Å². The molecule has 1 atom stereocenters. The van der Waals surface area contributed by atoms with Gasteiger partial charge in [0.05, 0.1) is 12.0 Å². The summed E-state index contributed by atoms with van der Waals surface area (Å²) >= 11 is 0. The molecular formula is C13H16N4O. The van der Waals surface area contributed by atoms with Gasteiger partial charge in [-0.3, -0.25) is 5.10 Å². The zero-order chi connectivity index (χ0) is 11.9. The van der Waals surface area contributed by atoms with E-state index in [4.69, 9.17) is 4.42 Å². The minimum Gasteiger partial charge on any atom is -0.469 e. The number of anilines is 1. The zero-order valence-corrected chi connectivity index (χ0v) is 10.1. The van der Waals surface area contributed by atoms with Crippen molar-refractivity contribution in [3.8, 4) is 11.3 Å². The highest BCUT2D eigenvalue weighted by molar-refractivity contribution is 5.72. The van der Waals surface area contributed by atoms with Gasteiger partial charge in [0, 0.05) is 30.1 Å². The molecule has 3 heterocycles. The molecule has 1 aliphatic heterocycles. The van der Waals surface area contributed by atoms with Crippen molar-refractivity contribution in [2.24, 2.45) is 0 Å². The Kier molecular flexibility index (Phi) is 2.20. The monoisotopic (exact) mass is 244 g/mol.